The van der Waals surface area contributed by atoms with E-state index in [4.69, 9.17) is 10.9 Å². The van der Waals surface area contributed by atoms with Crippen molar-refractivity contribution >= 4 is 21.4 Å². The van der Waals surface area contributed by atoms with Gasteiger partial charge < -0.3 is 11.1 Å². The number of hydrogen-bond donors (Lipinski definition) is 3. The molecule has 0 heterocycles. The molecule has 0 aliphatic rings. The Hall–Kier alpha value is -2.12. The Kier molecular flexibility index (Phi) is 4.44. The first-order valence-electron chi connectivity index (χ1n) is 6.27. The van der Waals surface area contributed by atoms with Crippen LogP contribution in [0.3, 0.4) is 0 Å². The summed E-state index contributed by atoms with van der Waals surface area (Å²) < 4.78 is 35.8. The Balaban J connectivity index is 2.08. The van der Waals surface area contributed by atoms with Gasteiger partial charge in [0.2, 0.25) is 10.0 Å². The van der Waals surface area contributed by atoms with Crippen LogP contribution in [0, 0.1) is 5.82 Å². The molecule has 2 rings (SSSR count). The highest BCUT2D eigenvalue weighted by Gasteiger charge is 2.14. The summed E-state index contributed by atoms with van der Waals surface area (Å²) in [6.45, 7) is 0.484. The van der Waals surface area contributed by atoms with Crippen molar-refractivity contribution in [2.24, 2.45) is 5.14 Å². The number of rotatable bonds is 5. The monoisotopic (exact) mass is 309 g/mol. The number of primary sulfonamides is 1. The molecular formula is C14H16FN3O2S. The van der Waals surface area contributed by atoms with Gasteiger partial charge in [0, 0.05) is 12.2 Å². The average Bonchev–Trinajstić information content (AvgIpc) is 2.41. The molecule has 0 unspecified atom stereocenters. The van der Waals surface area contributed by atoms with E-state index >= 15 is 0 Å². The standard InChI is InChI=1S/C14H16FN3O2S/c15-11-3-1-10(2-4-11)7-8-18-13-6-5-12(16)9-14(13)21(17,19)20/h1-6,9,18H,7-8,16H2,(H2,17,19,20). The fourth-order valence-electron chi connectivity index (χ4n) is 1.91. The van der Waals surface area contributed by atoms with Crippen LogP contribution in [0.5, 0.6) is 0 Å². The lowest BCUT2D eigenvalue weighted by Gasteiger charge is -2.11. The molecule has 0 aromatic heterocycles. The number of nitrogens with two attached hydrogens (primary N) is 2. The third kappa shape index (κ3) is 4.17. The third-order valence-corrected chi connectivity index (χ3v) is 3.91. The highest BCUT2D eigenvalue weighted by molar-refractivity contribution is 7.89. The van der Waals surface area contributed by atoms with Crippen LogP contribution in [0.1, 0.15) is 5.56 Å². The maximum absolute atomic E-state index is 12.8. The van der Waals surface area contributed by atoms with Gasteiger partial charge in [-0.05, 0) is 42.3 Å². The van der Waals surface area contributed by atoms with Crippen molar-refractivity contribution in [3.05, 3.63) is 53.8 Å². The van der Waals surface area contributed by atoms with Gasteiger partial charge >= 0.3 is 0 Å². The summed E-state index contributed by atoms with van der Waals surface area (Å²) in [5.74, 6) is -0.290. The summed E-state index contributed by atoms with van der Waals surface area (Å²) in [6, 6.07) is 10.6. The lowest BCUT2D eigenvalue weighted by molar-refractivity contribution is 0.598. The maximum Gasteiger partial charge on any atom is 0.240 e. The predicted molar refractivity (Wildman–Crippen MR) is 80.8 cm³/mol. The van der Waals surface area contributed by atoms with E-state index < -0.39 is 10.0 Å². The van der Waals surface area contributed by atoms with Crippen molar-refractivity contribution in [3.63, 3.8) is 0 Å². The molecule has 0 radical (unpaired) electrons. The van der Waals surface area contributed by atoms with E-state index in [1.165, 1.54) is 18.2 Å². The predicted octanol–water partition coefficient (Wildman–Crippen LogP) is 1.71. The number of hydrogen-bond acceptors (Lipinski definition) is 4. The molecule has 0 aliphatic carbocycles. The van der Waals surface area contributed by atoms with Crippen LogP contribution in [0.4, 0.5) is 15.8 Å². The van der Waals surface area contributed by atoms with Crippen molar-refractivity contribution in [1.82, 2.24) is 0 Å². The van der Waals surface area contributed by atoms with Crippen LogP contribution < -0.4 is 16.2 Å². The molecule has 2 aromatic carbocycles. The van der Waals surface area contributed by atoms with E-state index in [0.29, 0.717) is 24.3 Å². The molecule has 112 valence electrons. The lowest BCUT2D eigenvalue weighted by Crippen LogP contribution is -2.16. The van der Waals surface area contributed by atoms with E-state index in [0.717, 1.165) is 5.56 Å². The smallest absolute Gasteiger partial charge is 0.240 e. The summed E-state index contributed by atoms with van der Waals surface area (Å²) in [4.78, 5) is -0.0402. The average molecular weight is 309 g/mol. The summed E-state index contributed by atoms with van der Waals surface area (Å²) in [5, 5.41) is 8.16. The van der Waals surface area contributed by atoms with Crippen molar-refractivity contribution in [3.8, 4) is 0 Å². The maximum atomic E-state index is 12.8. The van der Waals surface area contributed by atoms with Gasteiger partial charge in [0.15, 0.2) is 0 Å². The molecule has 5 nitrogen and oxygen atoms in total. The highest BCUT2D eigenvalue weighted by Crippen LogP contribution is 2.22. The van der Waals surface area contributed by atoms with Crippen LogP contribution in [0.2, 0.25) is 0 Å². The Morgan fingerprint density at radius 2 is 1.76 bits per heavy atom. The van der Waals surface area contributed by atoms with Crippen molar-refractivity contribution in [2.75, 3.05) is 17.6 Å². The molecule has 5 N–H and O–H groups in total. The van der Waals surface area contributed by atoms with Gasteiger partial charge in [-0.3, -0.25) is 0 Å². The largest absolute Gasteiger partial charge is 0.399 e. The van der Waals surface area contributed by atoms with Crippen molar-refractivity contribution < 1.29 is 12.8 Å². The first-order chi connectivity index (χ1) is 9.86. The fourth-order valence-corrected chi connectivity index (χ4v) is 2.66. The summed E-state index contributed by atoms with van der Waals surface area (Å²) in [7, 11) is -3.85. The van der Waals surface area contributed by atoms with Gasteiger partial charge in [-0.2, -0.15) is 0 Å². The quantitative estimate of drug-likeness (QED) is 0.732. The second-order valence-corrected chi connectivity index (χ2v) is 6.13. The second-order valence-electron chi connectivity index (χ2n) is 4.60. The topological polar surface area (TPSA) is 98.2 Å². The molecule has 0 atom stereocenters. The minimum absolute atomic E-state index is 0.0402. The molecule has 0 saturated heterocycles. The Morgan fingerprint density at radius 1 is 1.10 bits per heavy atom. The number of sulfonamides is 1. The SMILES string of the molecule is Nc1ccc(NCCc2ccc(F)cc2)c(S(N)(=O)=O)c1. The van der Waals surface area contributed by atoms with Crippen molar-refractivity contribution in [1.29, 1.82) is 0 Å². The molecule has 21 heavy (non-hydrogen) atoms. The second kappa shape index (κ2) is 6.11. The zero-order valence-electron chi connectivity index (χ0n) is 11.2. The normalized spacial score (nSPS) is 11.3. The molecule has 7 heteroatoms. The van der Waals surface area contributed by atoms with E-state index in [-0.39, 0.29) is 10.7 Å². The molecule has 0 spiro atoms. The van der Waals surface area contributed by atoms with Gasteiger partial charge in [0.25, 0.3) is 0 Å². The molecule has 2 aromatic rings. The van der Waals surface area contributed by atoms with Gasteiger partial charge in [-0.1, -0.05) is 12.1 Å². The molecule has 0 bridgehead atoms. The first-order valence-corrected chi connectivity index (χ1v) is 7.81. The van der Waals surface area contributed by atoms with Crippen LogP contribution in [0.25, 0.3) is 0 Å². The number of halogens is 1. The molecule has 0 fully saturated rings. The van der Waals surface area contributed by atoms with Gasteiger partial charge in [-0.15, -0.1) is 0 Å². The Morgan fingerprint density at radius 3 is 2.38 bits per heavy atom. The fraction of sp³-hybridized carbons (Fsp3) is 0.143. The Bertz CT molecular complexity index is 730. The van der Waals surface area contributed by atoms with E-state index in [2.05, 4.69) is 5.32 Å². The number of anilines is 2. The van der Waals surface area contributed by atoms with Gasteiger partial charge in [0.1, 0.15) is 10.7 Å². The summed E-state index contributed by atoms with van der Waals surface area (Å²) in [6.07, 6.45) is 0.620. The highest BCUT2D eigenvalue weighted by atomic mass is 32.2. The van der Waals surface area contributed by atoms with Crippen LogP contribution in [-0.4, -0.2) is 15.0 Å². The van der Waals surface area contributed by atoms with Crippen molar-refractivity contribution in [2.45, 2.75) is 11.3 Å². The van der Waals surface area contributed by atoms with Gasteiger partial charge in [0.05, 0.1) is 5.69 Å². The van der Waals surface area contributed by atoms with E-state index in [9.17, 15) is 12.8 Å². The summed E-state index contributed by atoms with van der Waals surface area (Å²) >= 11 is 0. The first kappa shape index (κ1) is 15.3. The molecule has 0 amide bonds. The lowest BCUT2D eigenvalue weighted by atomic mass is 10.1. The van der Waals surface area contributed by atoms with Crippen LogP contribution in [-0.2, 0) is 16.4 Å². The van der Waals surface area contributed by atoms with E-state index in [1.54, 1.807) is 24.3 Å². The zero-order valence-corrected chi connectivity index (χ0v) is 12.0. The zero-order chi connectivity index (χ0) is 15.5. The minimum atomic E-state index is -3.85. The number of nitrogens with one attached hydrogen (secondary N) is 1. The number of nitrogen functional groups attached to an aromatic ring is 1. The van der Waals surface area contributed by atoms with Crippen LogP contribution >= 0.6 is 0 Å². The molecule has 0 aliphatic heterocycles. The Labute approximate surface area is 122 Å². The molecular weight excluding hydrogens is 293 g/mol. The summed E-state index contributed by atoms with van der Waals surface area (Å²) in [5.41, 5.74) is 7.24. The van der Waals surface area contributed by atoms with Gasteiger partial charge in [-0.25, -0.2) is 17.9 Å². The van der Waals surface area contributed by atoms with E-state index in [1.807, 2.05) is 0 Å². The van der Waals surface area contributed by atoms with Crippen LogP contribution in [0.15, 0.2) is 47.4 Å². The number of benzene rings is 2. The minimum Gasteiger partial charge on any atom is -0.399 e. The molecule has 0 saturated carbocycles. The third-order valence-electron chi connectivity index (χ3n) is 2.95.